The number of hydrogen-bond donors (Lipinski definition) is 0. The molecule has 0 saturated carbocycles. The number of hydrogen-bond acceptors (Lipinski definition) is 2. The maximum atomic E-state index is 8.53. The van der Waals surface area contributed by atoms with Crippen LogP contribution in [0.2, 0.25) is 0 Å². The largest absolute Gasteiger partial charge is 0.387 e. The quantitative estimate of drug-likeness (QED) is 0.603. The highest BCUT2D eigenvalue weighted by atomic mass is 16.5. The van der Waals surface area contributed by atoms with E-state index in [1.54, 1.807) is 6.26 Å². The lowest BCUT2D eigenvalue weighted by atomic mass is 9.77. The van der Waals surface area contributed by atoms with Crippen molar-refractivity contribution in [2.45, 2.75) is 25.7 Å². The summed E-state index contributed by atoms with van der Waals surface area (Å²) in [5.41, 5.74) is 5.34. The summed E-state index contributed by atoms with van der Waals surface area (Å²) in [4.78, 5) is 0. The summed E-state index contributed by atoms with van der Waals surface area (Å²) in [5, 5.41) is 8.53. The highest BCUT2D eigenvalue weighted by Gasteiger charge is 2.28. The molecule has 1 aromatic carbocycles. The van der Waals surface area contributed by atoms with Crippen LogP contribution in [0, 0.1) is 11.5 Å². The van der Waals surface area contributed by atoms with Crippen LogP contribution in [0.25, 0.3) is 0 Å². The van der Waals surface area contributed by atoms with E-state index in [-0.39, 0.29) is 0 Å². The molecular weight excluding hydrogens is 162 g/mol. The van der Waals surface area contributed by atoms with Crippen LogP contribution in [-0.4, -0.2) is 0 Å². The van der Waals surface area contributed by atoms with E-state index in [0.717, 1.165) is 31.4 Å². The molecule has 0 N–H and O–H groups in total. The van der Waals surface area contributed by atoms with Gasteiger partial charge in [0.25, 0.3) is 6.26 Å². The van der Waals surface area contributed by atoms with E-state index in [9.17, 15) is 0 Å². The van der Waals surface area contributed by atoms with Crippen LogP contribution in [0.1, 0.15) is 22.3 Å². The maximum absolute atomic E-state index is 8.53. The predicted molar refractivity (Wildman–Crippen MR) is 47.5 cm³/mol. The zero-order valence-corrected chi connectivity index (χ0v) is 7.26. The summed E-state index contributed by atoms with van der Waals surface area (Å²) in [5.74, 6) is 0.882. The van der Waals surface area contributed by atoms with Gasteiger partial charge in [-0.05, 0) is 47.9 Å². The summed E-state index contributed by atoms with van der Waals surface area (Å²) in [6.45, 7) is 0. The molecule has 0 bridgehead atoms. The molecule has 2 heteroatoms. The second kappa shape index (κ2) is 2.26. The Labute approximate surface area is 76.8 Å². The standard InChI is InChI=1S/C11H9NO/c12-6-13-11-9-3-1-7(9)5-8-2-4-10(8)11/h5H,1-4H2. The van der Waals surface area contributed by atoms with Gasteiger partial charge in [-0.1, -0.05) is 6.07 Å². The van der Waals surface area contributed by atoms with Crippen molar-refractivity contribution < 1.29 is 4.74 Å². The summed E-state index contributed by atoms with van der Waals surface area (Å²) in [7, 11) is 0. The van der Waals surface area contributed by atoms with Crippen LogP contribution in [0.3, 0.4) is 0 Å². The first kappa shape index (κ1) is 6.97. The third-order valence-corrected chi connectivity index (χ3v) is 3.11. The number of ether oxygens (including phenoxy) is 1. The first-order chi connectivity index (χ1) is 6.40. The lowest BCUT2D eigenvalue weighted by Gasteiger charge is -2.29. The van der Waals surface area contributed by atoms with E-state index < -0.39 is 0 Å². The van der Waals surface area contributed by atoms with Crippen LogP contribution in [0.5, 0.6) is 5.75 Å². The molecule has 2 aliphatic carbocycles. The summed E-state index contributed by atoms with van der Waals surface area (Å²) >= 11 is 0. The molecule has 2 nitrogen and oxygen atoms in total. The Balaban J connectivity index is 2.21. The average Bonchev–Trinajstić information content (AvgIpc) is 1.99. The van der Waals surface area contributed by atoms with Gasteiger partial charge in [0.2, 0.25) is 0 Å². The zero-order chi connectivity index (χ0) is 8.84. The lowest BCUT2D eigenvalue weighted by molar-refractivity contribution is 0.478. The van der Waals surface area contributed by atoms with Crippen molar-refractivity contribution in [1.29, 1.82) is 5.26 Å². The van der Waals surface area contributed by atoms with Crippen molar-refractivity contribution in [3.63, 3.8) is 0 Å². The Morgan fingerprint density at radius 1 is 1.08 bits per heavy atom. The van der Waals surface area contributed by atoms with Gasteiger partial charge in [0.15, 0.2) is 0 Å². The third-order valence-electron chi connectivity index (χ3n) is 3.11. The molecule has 0 unspecified atom stereocenters. The van der Waals surface area contributed by atoms with Gasteiger partial charge in [-0.15, -0.1) is 5.26 Å². The smallest absolute Gasteiger partial charge is 0.292 e. The normalized spacial score (nSPS) is 15.9. The molecule has 0 radical (unpaired) electrons. The molecule has 0 aliphatic heterocycles. The van der Waals surface area contributed by atoms with Gasteiger partial charge in [0, 0.05) is 0 Å². The third kappa shape index (κ3) is 0.767. The maximum Gasteiger partial charge on any atom is 0.292 e. The van der Waals surface area contributed by atoms with E-state index in [2.05, 4.69) is 6.07 Å². The van der Waals surface area contributed by atoms with Crippen LogP contribution < -0.4 is 4.74 Å². The zero-order valence-electron chi connectivity index (χ0n) is 7.26. The molecule has 64 valence electrons. The van der Waals surface area contributed by atoms with Gasteiger partial charge in [-0.25, -0.2) is 0 Å². The molecule has 0 fully saturated rings. The minimum absolute atomic E-state index is 0.882. The molecule has 0 saturated heterocycles. The number of nitrogens with zero attached hydrogens (tertiary/aromatic N) is 1. The van der Waals surface area contributed by atoms with Crippen molar-refractivity contribution in [2.24, 2.45) is 0 Å². The minimum atomic E-state index is 0.882. The number of benzene rings is 1. The minimum Gasteiger partial charge on any atom is -0.387 e. The van der Waals surface area contributed by atoms with Gasteiger partial charge in [0.1, 0.15) is 5.75 Å². The van der Waals surface area contributed by atoms with Gasteiger partial charge in [-0.2, -0.15) is 0 Å². The summed E-state index contributed by atoms with van der Waals surface area (Å²) in [6.07, 6.45) is 6.27. The average molecular weight is 171 g/mol. The first-order valence-electron chi connectivity index (χ1n) is 4.62. The Morgan fingerprint density at radius 2 is 1.69 bits per heavy atom. The van der Waals surface area contributed by atoms with Gasteiger partial charge < -0.3 is 4.74 Å². The fraction of sp³-hybridized carbons (Fsp3) is 0.364. The Bertz CT molecular complexity index is 398. The second-order valence-corrected chi connectivity index (χ2v) is 3.67. The van der Waals surface area contributed by atoms with Crippen molar-refractivity contribution >= 4 is 0 Å². The highest BCUT2D eigenvalue weighted by Crippen LogP contribution is 2.42. The van der Waals surface area contributed by atoms with E-state index >= 15 is 0 Å². The lowest BCUT2D eigenvalue weighted by Crippen LogP contribution is -2.19. The Kier molecular flexibility index (Phi) is 1.21. The molecule has 13 heavy (non-hydrogen) atoms. The van der Waals surface area contributed by atoms with Crippen molar-refractivity contribution in [1.82, 2.24) is 0 Å². The molecule has 0 amide bonds. The SMILES string of the molecule is N#COc1c2c(cc3c1CC3)CC2. The molecule has 0 aromatic heterocycles. The van der Waals surface area contributed by atoms with Crippen molar-refractivity contribution in [2.75, 3.05) is 0 Å². The molecule has 3 rings (SSSR count). The highest BCUT2D eigenvalue weighted by molar-refractivity contribution is 5.58. The van der Waals surface area contributed by atoms with Crippen LogP contribution in [0.15, 0.2) is 6.07 Å². The molecular formula is C11H9NO. The molecule has 2 aliphatic rings. The Morgan fingerprint density at radius 3 is 2.08 bits per heavy atom. The predicted octanol–water partition coefficient (Wildman–Crippen LogP) is 1.74. The molecule has 0 atom stereocenters. The molecule has 0 spiro atoms. The summed E-state index contributed by atoms with van der Waals surface area (Å²) in [6, 6.07) is 2.28. The molecule has 1 aromatic rings. The van der Waals surface area contributed by atoms with Crippen molar-refractivity contribution in [3.8, 4) is 12.0 Å². The van der Waals surface area contributed by atoms with Crippen LogP contribution in [-0.2, 0) is 25.7 Å². The van der Waals surface area contributed by atoms with Crippen LogP contribution in [0.4, 0.5) is 0 Å². The number of aryl methyl sites for hydroxylation is 2. The van der Waals surface area contributed by atoms with E-state index in [0.29, 0.717) is 0 Å². The Hall–Kier alpha value is -1.49. The first-order valence-corrected chi connectivity index (χ1v) is 4.62. The summed E-state index contributed by atoms with van der Waals surface area (Å²) < 4.78 is 5.04. The van der Waals surface area contributed by atoms with E-state index in [1.165, 1.54) is 22.3 Å². The number of rotatable bonds is 1. The fourth-order valence-corrected chi connectivity index (χ4v) is 2.19. The number of fused-ring (bicyclic) bond motifs is 2. The van der Waals surface area contributed by atoms with Crippen molar-refractivity contribution in [3.05, 3.63) is 28.3 Å². The topological polar surface area (TPSA) is 33.0 Å². The second-order valence-electron chi connectivity index (χ2n) is 3.67. The van der Waals surface area contributed by atoms with E-state index in [1.807, 2.05) is 0 Å². The van der Waals surface area contributed by atoms with Crippen LogP contribution >= 0.6 is 0 Å². The fourth-order valence-electron chi connectivity index (χ4n) is 2.19. The molecule has 0 heterocycles. The number of nitriles is 1. The van der Waals surface area contributed by atoms with Gasteiger partial charge >= 0.3 is 0 Å². The van der Waals surface area contributed by atoms with E-state index in [4.69, 9.17) is 10.00 Å². The van der Waals surface area contributed by atoms with Gasteiger partial charge in [-0.3, -0.25) is 0 Å². The van der Waals surface area contributed by atoms with Gasteiger partial charge in [0.05, 0.1) is 0 Å². The monoisotopic (exact) mass is 171 g/mol.